The molecule has 0 saturated carbocycles. The molecular formula is C69H116O14Si3. The smallest absolute Gasteiger partial charge is 0.338 e. The molecule has 6 heterocycles. The Morgan fingerprint density at radius 2 is 1.27 bits per heavy atom. The molecule has 17 heteroatoms. The molecule has 6 aliphatic heterocycles. The van der Waals surface area contributed by atoms with Crippen molar-refractivity contribution in [3.05, 3.63) is 72.4 Å². The van der Waals surface area contributed by atoms with Crippen LogP contribution in [0.15, 0.2) is 66.8 Å². The van der Waals surface area contributed by atoms with Crippen LogP contribution in [0.2, 0.25) is 54.4 Å². The van der Waals surface area contributed by atoms with Crippen LogP contribution >= 0.6 is 0 Å². The topological polar surface area (TPSA) is 164 Å². The molecule has 0 amide bonds. The van der Waals surface area contributed by atoms with Crippen molar-refractivity contribution in [2.45, 2.75) is 319 Å². The van der Waals surface area contributed by atoms with Crippen LogP contribution in [0.1, 0.15) is 184 Å². The Morgan fingerprint density at radius 1 is 0.686 bits per heavy atom. The summed E-state index contributed by atoms with van der Waals surface area (Å²) in [5.74, 6) is -1.07. The highest BCUT2D eigenvalue weighted by molar-refractivity contribution is 6.75. The molecule has 4 saturated heterocycles. The molecule has 86 heavy (non-hydrogen) atoms. The maximum absolute atomic E-state index is 15.0. The molecule has 0 spiro atoms. The summed E-state index contributed by atoms with van der Waals surface area (Å²) in [6.45, 7) is 50.6. The predicted octanol–water partition coefficient (Wildman–Crippen LogP) is 15.0. The van der Waals surface area contributed by atoms with E-state index in [4.69, 9.17) is 46.4 Å². The average Bonchev–Trinajstić information content (AvgIpc) is 1.16. The van der Waals surface area contributed by atoms with E-state index in [0.29, 0.717) is 68.4 Å². The van der Waals surface area contributed by atoms with Gasteiger partial charge in [-0.2, -0.15) is 0 Å². The molecular weight excluding hydrogens is 1140 g/mol. The van der Waals surface area contributed by atoms with E-state index in [-0.39, 0.29) is 76.4 Å². The number of benzene rings is 1. The molecule has 7 rings (SSSR count). The number of Topliss-reactive ketones (excluding diaryl/α,β-unsaturated/α-hetero) is 1. The Hall–Kier alpha value is -2.66. The van der Waals surface area contributed by atoms with Crippen LogP contribution < -0.4 is 0 Å². The van der Waals surface area contributed by atoms with Gasteiger partial charge in [0, 0.05) is 39.2 Å². The Bertz CT molecular complexity index is 2440. The van der Waals surface area contributed by atoms with Gasteiger partial charge in [-0.05, 0) is 153 Å². The van der Waals surface area contributed by atoms with Gasteiger partial charge in [0.2, 0.25) is 0 Å². The van der Waals surface area contributed by atoms with Gasteiger partial charge in [-0.15, -0.1) is 0 Å². The first-order valence-corrected chi connectivity index (χ1v) is 41.4. The zero-order chi connectivity index (χ0) is 64.1. The number of esters is 2. The molecule has 1 aromatic rings. The van der Waals surface area contributed by atoms with Crippen molar-refractivity contribution in [3.63, 3.8) is 0 Å². The number of methoxy groups -OCH3 is 1. The molecule has 0 aliphatic carbocycles. The molecule has 18 atom stereocenters. The highest BCUT2D eigenvalue weighted by Crippen LogP contribution is 2.48. The van der Waals surface area contributed by atoms with Crippen LogP contribution in [0.3, 0.4) is 0 Å². The summed E-state index contributed by atoms with van der Waals surface area (Å²) in [6.07, 6.45) is 2.92. The Kier molecular flexibility index (Phi) is 25.0. The van der Waals surface area contributed by atoms with Gasteiger partial charge in [0.15, 0.2) is 25.0 Å². The third kappa shape index (κ3) is 18.7. The summed E-state index contributed by atoms with van der Waals surface area (Å²) in [5.41, 5.74) is 2.10. The molecule has 0 radical (unpaired) electrons. The summed E-state index contributed by atoms with van der Waals surface area (Å²) in [6, 6.07) is 9.09. The second-order valence-corrected chi connectivity index (χ2v) is 45.2. The van der Waals surface area contributed by atoms with Gasteiger partial charge in [0.1, 0.15) is 42.4 Å². The molecule has 6 bridgehead atoms. The van der Waals surface area contributed by atoms with Crippen molar-refractivity contribution in [1.82, 2.24) is 0 Å². The van der Waals surface area contributed by atoms with Crippen LogP contribution in [-0.2, 0) is 56.0 Å². The number of ether oxygens (including phenoxy) is 7. The van der Waals surface area contributed by atoms with E-state index >= 15 is 4.79 Å². The van der Waals surface area contributed by atoms with Crippen LogP contribution in [0.25, 0.3) is 0 Å². The Labute approximate surface area is 522 Å². The van der Waals surface area contributed by atoms with E-state index in [1.807, 2.05) is 31.2 Å². The fourth-order valence-electron chi connectivity index (χ4n) is 12.3. The zero-order valence-corrected chi connectivity index (χ0v) is 59.8. The second kappa shape index (κ2) is 29.7. The predicted molar refractivity (Wildman–Crippen MR) is 349 cm³/mol. The highest BCUT2D eigenvalue weighted by atomic mass is 28.4. The van der Waals surface area contributed by atoms with Crippen molar-refractivity contribution in [2.24, 2.45) is 17.8 Å². The lowest BCUT2D eigenvalue weighted by Crippen LogP contribution is -2.69. The third-order valence-corrected chi connectivity index (χ3v) is 34.4. The van der Waals surface area contributed by atoms with Crippen molar-refractivity contribution >= 4 is 42.7 Å². The van der Waals surface area contributed by atoms with Gasteiger partial charge >= 0.3 is 11.9 Å². The van der Waals surface area contributed by atoms with Gasteiger partial charge in [-0.3, -0.25) is 9.59 Å². The molecule has 0 aromatic heterocycles. The lowest BCUT2D eigenvalue weighted by atomic mass is 9.82. The van der Waals surface area contributed by atoms with E-state index in [2.05, 4.69) is 135 Å². The second-order valence-electron chi connectivity index (χ2n) is 30.9. The average molecular weight is 1250 g/mol. The first-order chi connectivity index (χ1) is 39.8. The van der Waals surface area contributed by atoms with Crippen molar-refractivity contribution in [2.75, 3.05) is 7.11 Å². The molecule has 1 N–H and O–H groups in total. The molecule has 14 nitrogen and oxygen atoms in total. The molecule has 1 aromatic carbocycles. The first kappa shape index (κ1) is 72.4. The van der Waals surface area contributed by atoms with Crippen molar-refractivity contribution in [3.8, 4) is 0 Å². The lowest BCUT2D eigenvalue weighted by Gasteiger charge is -2.56. The minimum atomic E-state index is -2.66. The van der Waals surface area contributed by atoms with Crippen LogP contribution in [0.4, 0.5) is 0 Å². The van der Waals surface area contributed by atoms with Gasteiger partial charge in [0.25, 0.3) is 0 Å². The number of aliphatic hydroxyl groups excluding tert-OH is 1. The van der Waals surface area contributed by atoms with Crippen LogP contribution in [0.5, 0.6) is 0 Å². The lowest BCUT2D eigenvalue weighted by molar-refractivity contribution is -0.266. The summed E-state index contributed by atoms with van der Waals surface area (Å²) in [4.78, 5) is 42.1. The molecule has 6 aliphatic rings. The Balaban J connectivity index is 1.50. The summed E-state index contributed by atoms with van der Waals surface area (Å²) in [7, 11) is -6.21. The SMILES string of the molecule is C=C1CC2CCC(OC(=O)c3ccccc3)/C=C/[C@H](O[Si](C)(C)C(C)(C)C)[C@@H]3O[C@H]4CC[C@H](CC(=O)CC5[C@H](C[C@@H](OC(C)=O)C(=C)[C@H](C)C[C@H](O)CC[C@@H]1O2)O[C@H](CC(C)CC)[C@@H]5OC)O[C@@H]4[C@H](O[Si](C)(C)C(C)(C)C)[C@@H]3O[Si](C)(C)C(C)(C)C. The van der Waals surface area contributed by atoms with Gasteiger partial charge in [-0.1, -0.05) is 127 Å². The third-order valence-electron chi connectivity index (χ3n) is 21.0. The number of rotatable bonds is 13. The van der Waals surface area contributed by atoms with E-state index < -0.39 is 104 Å². The van der Waals surface area contributed by atoms with Gasteiger partial charge in [0.05, 0.1) is 60.5 Å². The molecule has 488 valence electrons. The highest BCUT2D eigenvalue weighted by Gasteiger charge is 2.58. The van der Waals surface area contributed by atoms with E-state index in [0.717, 1.165) is 18.4 Å². The number of ketones is 1. The standard InChI is InChI=1S/C69H116O14Si3/c1-23-43(2)37-60-61(74-16)54-41-50(72)40-53-33-35-56-62(77-53)64(82-85(19,20)68(10,11)12)65(83-86(21,22)69(13,14)15)63(80-56)57(81-84(17,18)67(7,8)9)36-32-51(78-66(73)48-27-25-24-26-28-48)30-31-52-39-45(4)55(76-52)34-29-49(71)38-44(3)46(5)58(75-47(6)70)42-59(54)79-60/h24-28,32,36,43-44,49,51-65,71H,4-5,23,29-31,33-35,37-42H2,1-3,6-22H3/b36-32+/t43?,44-,49-,51?,52?,53-,54?,55+,56+,57+,58-,59+,60-,61-,62+,63+,64+,65-/m1/s1. The number of carbonyl (C=O) groups is 3. The molecule has 4 unspecified atom stereocenters. The molecule has 4 fully saturated rings. The van der Waals surface area contributed by atoms with Gasteiger partial charge < -0.3 is 51.5 Å². The van der Waals surface area contributed by atoms with E-state index in [1.54, 1.807) is 19.2 Å². The number of hydrogen-bond donors (Lipinski definition) is 1. The van der Waals surface area contributed by atoms with Crippen molar-refractivity contribution < 1.29 is 65.9 Å². The Morgan fingerprint density at radius 3 is 1.85 bits per heavy atom. The summed E-state index contributed by atoms with van der Waals surface area (Å²) in [5, 5.41) is 11.1. The number of fused-ring (bicyclic) bond motifs is 15. The first-order valence-electron chi connectivity index (χ1n) is 32.7. The minimum absolute atomic E-state index is 0.0343. The fraction of sp³-hybridized carbons (Fsp3) is 0.783. The zero-order valence-electron chi connectivity index (χ0n) is 56.8. The number of hydrogen-bond acceptors (Lipinski definition) is 14. The van der Waals surface area contributed by atoms with Crippen molar-refractivity contribution in [1.29, 1.82) is 0 Å². The van der Waals surface area contributed by atoms with E-state index in [9.17, 15) is 14.7 Å². The van der Waals surface area contributed by atoms with Crippen LogP contribution in [0, 0.1) is 17.8 Å². The maximum Gasteiger partial charge on any atom is 0.338 e. The normalized spacial score (nSPS) is 34.5. The number of carbonyl (C=O) groups excluding carboxylic acids is 3. The quantitative estimate of drug-likeness (QED) is 0.113. The van der Waals surface area contributed by atoms with Gasteiger partial charge in [-0.25, -0.2) is 4.79 Å². The fourth-order valence-corrected chi connectivity index (χ4v) is 16.2. The summed E-state index contributed by atoms with van der Waals surface area (Å²) >= 11 is 0. The largest absolute Gasteiger partial charge is 0.458 e. The monoisotopic (exact) mass is 1250 g/mol. The van der Waals surface area contributed by atoms with E-state index in [1.165, 1.54) is 6.92 Å². The minimum Gasteiger partial charge on any atom is -0.458 e. The number of aliphatic hydroxyl groups is 1. The maximum atomic E-state index is 15.0. The van der Waals surface area contributed by atoms with Crippen LogP contribution in [-0.4, -0.2) is 146 Å². The summed E-state index contributed by atoms with van der Waals surface area (Å²) < 4.78 is 70.8.